The fraction of sp³-hybridized carbons (Fsp3) is 0.364. The lowest BCUT2D eigenvalue weighted by Crippen LogP contribution is -2.45. The molecular formula is C11H15N3O. The van der Waals surface area contributed by atoms with Gasteiger partial charge < -0.3 is 16.0 Å². The number of urea groups is 1. The molecule has 2 rings (SSSR count). The van der Waals surface area contributed by atoms with Crippen molar-refractivity contribution < 1.29 is 4.79 Å². The maximum atomic E-state index is 11.5. The molecule has 0 unspecified atom stereocenters. The second kappa shape index (κ2) is 4.21. The molecular weight excluding hydrogens is 190 g/mol. The molecule has 0 atom stereocenters. The lowest BCUT2D eigenvalue weighted by molar-refractivity contribution is 0.183. The van der Waals surface area contributed by atoms with E-state index in [1.165, 1.54) is 0 Å². The third-order valence-corrected chi connectivity index (χ3v) is 2.49. The molecule has 2 amide bonds. The van der Waals surface area contributed by atoms with Crippen LogP contribution in [-0.2, 0) is 6.54 Å². The molecule has 0 bridgehead atoms. The Bertz CT molecular complexity index is 365. The number of carbonyl (C=O) groups excluding carboxylic acids is 1. The minimum Gasteiger partial charge on any atom is -0.399 e. The van der Waals surface area contributed by atoms with Crippen LogP contribution in [0.4, 0.5) is 10.5 Å². The number of carbonyl (C=O) groups is 1. The van der Waals surface area contributed by atoms with Crippen molar-refractivity contribution in [2.75, 3.05) is 18.8 Å². The largest absolute Gasteiger partial charge is 0.399 e. The molecule has 1 fully saturated rings. The summed E-state index contributed by atoms with van der Waals surface area (Å²) in [6, 6.07) is 7.66. The van der Waals surface area contributed by atoms with Gasteiger partial charge in [-0.05, 0) is 24.1 Å². The van der Waals surface area contributed by atoms with Gasteiger partial charge in [0.15, 0.2) is 0 Å². The van der Waals surface area contributed by atoms with E-state index in [4.69, 9.17) is 5.73 Å². The molecule has 1 aromatic carbocycles. The van der Waals surface area contributed by atoms with Crippen molar-refractivity contribution in [3.05, 3.63) is 29.8 Å². The van der Waals surface area contributed by atoms with Crippen LogP contribution in [0.2, 0.25) is 0 Å². The van der Waals surface area contributed by atoms with Crippen LogP contribution >= 0.6 is 0 Å². The van der Waals surface area contributed by atoms with Gasteiger partial charge in [-0.3, -0.25) is 0 Å². The molecule has 1 aliphatic rings. The molecule has 1 saturated heterocycles. The van der Waals surface area contributed by atoms with Crippen LogP contribution in [-0.4, -0.2) is 24.0 Å². The Kier molecular flexibility index (Phi) is 2.76. The van der Waals surface area contributed by atoms with E-state index in [0.29, 0.717) is 6.54 Å². The first-order valence-corrected chi connectivity index (χ1v) is 5.13. The Balaban J connectivity index is 2.04. The van der Waals surface area contributed by atoms with Gasteiger partial charge in [0.1, 0.15) is 0 Å². The Hall–Kier alpha value is -1.71. The molecule has 0 radical (unpaired) electrons. The van der Waals surface area contributed by atoms with Crippen molar-refractivity contribution in [1.29, 1.82) is 0 Å². The van der Waals surface area contributed by atoms with Crippen molar-refractivity contribution in [2.24, 2.45) is 0 Å². The molecule has 4 heteroatoms. The summed E-state index contributed by atoms with van der Waals surface area (Å²) in [4.78, 5) is 13.3. The van der Waals surface area contributed by atoms with E-state index < -0.39 is 0 Å². The Morgan fingerprint density at radius 2 is 2.33 bits per heavy atom. The summed E-state index contributed by atoms with van der Waals surface area (Å²) < 4.78 is 0. The third-order valence-electron chi connectivity index (χ3n) is 2.49. The van der Waals surface area contributed by atoms with Crippen molar-refractivity contribution in [3.8, 4) is 0 Å². The predicted octanol–water partition coefficient (Wildman–Crippen LogP) is 1.18. The lowest BCUT2D eigenvalue weighted by atomic mass is 10.2. The minimum absolute atomic E-state index is 0.0173. The first-order valence-electron chi connectivity index (χ1n) is 5.13. The molecule has 1 heterocycles. The van der Waals surface area contributed by atoms with Gasteiger partial charge in [0.2, 0.25) is 0 Å². The molecule has 1 aliphatic heterocycles. The van der Waals surface area contributed by atoms with Gasteiger partial charge in [0.25, 0.3) is 0 Å². The molecule has 1 aromatic rings. The van der Waals surface area contributed by atoms with Gasteiger partial charge in [0, 0.05) is 25.3 Å². The topological polar surface area (TPSA) is 58.4 Å². The van der Waals surface area contributed by atoms with Crippen molar-refractivity contribution in [2.45, 2.75) is 13.0 Å². The first kappa shape index (κ1) is 9.83. The monoisotopic (exact) mass is 205 g/mol. The zero-order chi connectivity index (χ0) is 10.7. The molecule has 3 N–H and O–H groups in total. The van der Waals surface area contributed by atoms with Crippen LogP contribution in [0.3, 0.4) is 0 Å². The summed E-state index contributed by atoms with van der Waals surface area (Å²) in [6.45, 7) is 2.24. The SMILES string of the molecule is Nc1cccc(CN2CCCNC2=O)c1. The number of nitrogens with zero attached hydrogens (tertiary/aromatic N) is 1. The Labute approximate surface area is 89.1 Å². The standard InChI is InChI=1S/C11H15N3O/c12-10-4-1-3-9(7-10)8-14-6-2-5-13-11(14)15/h1,3-4,7H,2,5-6,8,12H2,(H,13,15). The van der Waals surface area contributed by atoms with E-state index in [0.717, 1.165) is 30.8 Å². The van der Waals surface area contributed by atoms with Crippen LogP contribution in [0.1, 0.15) is 12.0 Å². The van der Waals surface area contributed by atoms with E-state index >= 15 is 0 Å². The average Bonchev–Trinajstić information content (AvgIpc) is 2.22. The minimum atomic E-state index is 0.0173. The van der Waals surface area contributed by atoms with Crippen LogP contribution in [0, 0.1) is 0 Å². The van der Waals surface area contributed by atoms with Crippen molar-refractivity contribution in [3.63, 3.8) is 0 Å². The Morgan fingerprint density at radius 1 is 1.47 bits per heavy atom. The number of nitrogens with two attached hydrogens (primary N) is 1. The summed E-state index contributed by atoms with van der Waals surface area (Å²) in [6.07, 6.45) is 1.01. The van der Waals surface area contributed by atoms with E-state index in [1.807, 2.05) is 24.3 Å². The third kappa shape index (κ3) is 2.40. The number of nitrogens with one attached hydrogen (secondary N) is 1. The van der Waals surface area contributed by atoms with Crippen LogP contribution in [0.5, 0.6) is 0 Å². The molecule has 15 heavy (non-hydrogen) atoms. The van der Waals surface area contributed by atoms with E-state index in [9.17, 15) is 4.79 Å². The normalized spacial score (nSPS) is 16.3. The van der Waals surface area contributed by atoms with E-state index in [1.54, 1.807) is 4.90 Å². The van der Waals surface area contributed by atoms with Gasteiger partial charge in [-0.15, -0.1) is 0 Å². The van der Waals surface area contributed by atoms with Crippen molar-refractivity contribution >= 4 is 11.7 Å². The zero-order valence-corrected chi connectivity index (χ0v) is 8.57. The lowest BCUT2D eigenvalue weighted by Gasteiger charge is -2.27. The highest BCUT2D eigenvalue weighted by atomic mass is 16.2. The quantitative estimate of drug-likeness (QED) is 0.712. The summed E-state index contributed by atoms with van der Waals surface area (Å²) in [7, 11) is 0. The van der Waals surface area contributed by atoms with E-state index in [-0.39, 0.29) is 6.03 Å². The number of hydrogen-bond acceptors (Lipinski definition) is 2. The summed E-state index contributed by atoms with van der Waals surface area (Å²) in [5.41, 5.74) is 7.50. The predicted molar refractivity (Wildman–Crippen MR) is 59.3 cm³/mol. The maximum absolute atomic E-state index is 11.5. The number of nitrogen functional groups attached to an aromatic ring is 1. The summed E-state index contributed by atoms with van der Waals surface area (Å²) in [5.74, 6) is 0. The summed E-state index contributed by atoms with van der Waals surface area (Å²) >= 11 is 0. The van der Waals surface area contributed by atoms with Crippen molar-refractivity contribution in [1.82, 2.24) is 10.2 Å². The maximum Gasteiger partial charge on any atom is 0.317 e. The molecule has 0 saturated carbocycles. The molecule has 4 nitrogen and oxygen atoms in total. The highest BCUT2D eigenvalue weighted by Crippen LogP contribution is 2.11. The first-order chi connectivity index (χ1) is 7.25. The fourth-order valence-electron chi connectivity index (χ4n) is 1.74. The Morgan fingerprint density at radius 3 is 3.07 bits per heavy atom. The number of amides is 2. The number of hydrogen-bond donors (Lipinski definition) is 2. The van der Waals surface area contributed by atoms with Crippen LogP contribution < -0.4 is 11.1 Å². The van der Waals surface area contributed by atoms with Gasteiger partial charge in [-0.2, -0.15) is 0 Å². The number of anilines is 1. The zero-order valence-electron chi connectivity index (χ0n) is 8.57. The summed E-state index contributed by atoms with van der Waals surface area (Å²) in [5, 5.41) is 2.82. The van der Waals surface area contributed by atoms with Crippen LogP contribution in [0.25, 0.3) is 0 Å². The highest BCUT2D eigenvalue weighted by Gasteiger charge is 2.17. The average molecular weight is 205 g/mol. The van der Waals surface area contributed by atoms with Gasteiger partial charge in [-0.25, -0.2) is 4.79 Å². The number of rotatable bonds is 2. The smallest absolute Gasteiger partial charge is 0.317 e. The molecule has 0 aliphatic carbocycles. The second-order valence-corrected chi connectivity index (χ2v) is 3.75. The van der Waals surface area contributed by atoms with Gasteiger partial charge >= 0.3 is 6.03 Å². The van der Waals surface area contributed by atoms with E-state index in [2.05, 4.69) is 5.32 Å². The highest BCUT2D eigenvalue weighted by molar-refractivity contribution is 5.74. The number of benzene rings is 1. The van der Waals surface area contributed by atoms with Crippen LogP contribution in [0.15, 0.2) is 24.3 Å². The molecule has 80 valence electrons. The molecule has 0 spiro atoms. The van der Waals surface area contributed by atoms with Gasteiger partial charge in [-0.1, -0.05) is 12.1 Å². The second-order valence-electron chi connectivity index (χ2n) is 3.75. The van der Waals surface area contributed by atoms with Gasteiger partial charge in [0.05, 0.1) is 0 Å². The fourth-order valence-corrected chi connectivity index (χ4v) is 1.74. The molecule has 0 aromatic heterocycles.